The second kappa shape index (κ2) is 4.92. The van der Waals surface area contributed by atoms with Crippen LogP contribution >= 0.6 is 11.3 Å². The van der Waals surface area contributed by atoms with E-state index in [9.17, 15) is 9.59 Å². The maximum absolute atomic E-state index is 11.9. The summed E-state index contributed by atoms with van der Waals surface area (Å²) in [6.07, 6.45) is 3.93. The molecule has 19 heavy (non-hydrogen) atoms. The molecule has 102 valence electrons. The average Bonchev–Trinajstić information content (AvgIpc) is 2.66. The average molecular weight is 279 g/mol. The summed E-state index contributed by atoms with van der Waals surface area (Å²) in [5.41, 5.74) is 1.03. The normalized spacial score (nSPS) is 18.7. The van der Waals surface area contributed by atoms with Crippen LogP contribution in [0.3, 0.4) is 0 Å². The predicted molar refractivity (Wildman–Crippen MR) is 72.9 cm³/mol. The molecule has 1 aromatic heterocycles. The largest absolute Gasteiger partial charge is 0.337 e. The molecule has 2 amide bonds. The topological polar surface area (TPSA) is 62.3 Å². The highest BCUT2D eigenvalue weighted by molar-refractivity contribution is 7.15. The Hall–Kier alpha value is -1.43. The molecule has 1 aliphatic heterocycles. The van der Waals surface area contributed by atoms with Crippen molar-refractivity contribution in [3.63, 3.8) is 0 Å². The lowest BCUT2D eigenvalue weighted by molar-refractivity contribution is -0.129. The summed E-state index contributed by atoms with van der Waals surface area (Å²) in [4.78, 5) is 30.6. The van der Waals surface area contributed by atoms with Crippen molar-refractivity contribution in [1.82, 2.24) is 9.88 Å². The second-order valence-electron chi connectivity index (χ2n) is 5.20. The molecule has 0 spiro atoms. The van der Waals surface area contributed by atoms with Gasteiger partial charge in [0, 0.05) is 30.7 Å². The third-order valence-corrected chi connectivity index (χ3v) is 4.88. The van der Waals surface area contributed by atoms with Gasteiger partial charge in [-0.2, -0.15) is 0 Å². The summed E-state index contributed by atoms with van der Waals surface area (Å²) in [6.45, 7) is 2.94. The molecule has 0 saturated heterocycles. The number of carbonyl (C=O) groups is 2. The number of anilines is 1. The van der Waals surface area contributed by atoms with Crippen LogP contribution in [0.25, 0.3) is 0 Å². The van der Waals surface area contributed by atoms with Gasteiger partial charge in [0.2, 0.25) is 11.8 Å². The highest BCUT2D eigenvalue weighted by Gasteiger charge is 2.27. The Labute approximate surface area is 116 Å². The van der Waals surface area contributed by atoms with Crippen molar-refractivity contribution in [2.24, 2.45) is 5.92 Å². The smallest absolute Gasteiger partial charge is 0.229 e. The predicted octanol–water partition coefficient (Wildman–Crippen LogP) is 1.79. The fourth-order valence-corrected chi connectivity index (χ4v) is 3.42. The molecule has 1 saturated carbocycles. The van der Waals surface area contributed by atoms with Crippen LogP contribution in [0.1, 0.15) is 36.8 Å². The van der Waals surface area contributed by atoms with Crippen molar-refractivity contribution in [3.05, 3.63) is 10.6 Å². The van der Waals surface area contributed by atoms with Gasteiger partial charge in [-0.3, -0.25) is 9.59 Å². The van der Waals surface area contributed by atoms with Crippen LogP contribution in [-0.2, 0) is 22.6 Å². The van der Waals surface area contributed by atoms with Gasteiger partial charge in [0.1, 0.15) is 0 Å². The number of carbonyl (C=O) groups excluding carboxylic acids is 2. The Kier molecular flexibility index (Phi) is 3.26. The number of fused-ring (bicyclic) bond motifs is 1. The van der Waals surface area contributed by atoms with Gasteiger partial charge < -0.3 is 10.2 Å². The molecule has 1 fully saturated rings. The minimum absolute atomic E-state index is 0.0964. The van der Waals surface area contributed by atoms with Crippen LogP contribution in [0.15, 0.2) is 0 Å². The third kappa shape index (κ3) is 2.49. The number of nitrogens with zero attached hydrogens (tertiary/aromatic N) is 2. The van der Waals surface area contributed by atoms with Gasteiger partial charge >= 0.3 is 0 Å². The van der Waals surface area contributed by atoms with Gasteiger partial charge in [0.25, 0.3) is 0 Å². The lowest BCUT2D eigenvalue weighted by atomic mass is 9.85. The quantitative estimate of drug-likeness (QED) is 0.897. The first kappa shape index (κ1) is 12.6. The van der Waals surface area contributed by atoms with Crippen molar-refractivity contribution >= 4 is 28.3 Å². The van der Waals surface area contributed by atoms with Crippen molar-refractivity contribution in [1.29, 1.82) is 0 Å². The summed E-state index contributed by atoms with van der Waals surface area (Å²) in [5.74, 6) is 0.370. The van der Waals surface area contributed by atoms with E-state index >= 15 is 0 Å². The summed E-state index contributed by atoms with van der Waals surface area (Å²) in [6, 6.07) is 0. The molecule has 1 aliphatic carbocycles. The number of hydrogen-bond acceptors (Lipinski definition) is 4. The van der Waals surface area contributed by atoms with E-state index in [4.69, 9.17) is 0 Å². The Morgan fingerprint density at radius 3 is 2.84 bits per heavy atom. The zero-order chi connectivity index (χ0) is 13.4. The first-order chi connectivity index (χ1) is 9.13. The molecule has 1 aromatic rings. The Bertz CT molecular complexity index is 522. The van der Waals surface area contributed by atoms with E-state index in [1.165, 1.54) is 11.3 Å². The third-order valence-electron chi connectivity index (χ3n) is 3.88. The first-order valence-corrected chi connectivity index (χ1v) is 7.50. The molecule has 3 rings (SSSR count). The first-order valence-electron chi connectivity index (χ1n) is 6.68. The van der Waals surface area contributed by atoms with Crippen LogP contribution in [0.5, 0.6) is 0 Å². The zero-order valence-corrected chi connectivity index (χ0v) is 11.8. The van der Waals surface area contributed by atoms with E-state index in [1.807, 2.05) is 4.90 Å². The molecule has 0 atom stereocenters. The van der Waals surface area contributed by atoms with Gasteiger partial charge in [-0.05, 0) is 12.8 Å². The van der Waals surface area contributed by atoms with E-state index in [1.54, 1.807) is 6.92 Å². The number of aromatic nitrogens is 1. The minimum Gasteiger partial charge on any atom is -0.337 e. The number of hydrogen-bond donors (Lipinski definition) is 1. The highest BCUT2D eigenvalue weighted by atomic mass is 32.1. The van der Waals surface area contributed by atoms with Crippen LogP contribution in [0.4, 0.5) is 5.13 Å². The lowest BCUT2D eigenvalue weighted by Gasteiger charge is -2.24. The van der Waals surface area contributed by atoms with Gasteiger partial charge in [-0.1, -0.05) is 17.8 Å². The summed E-state index contributed by atoms with van der Waals surface area (Å²) >= 11 is 1.50. The number of thiazole rings is 1. The number of rotatable bonds is 2. The Balaban J connectivity index is 1.68. The Morgan fingerprint density at radius 2 is 2.21 bits per heavy atom. The molecular weight excluding hydrogens is 262 g/mol. The monoisotopic (exact) mass is 279 g/mol. The van der Waals surface area contributed by atoms with E-state index in [-0.39, 0.29) is 17.7 Å². The maximum Gasteiger partial charge on any atom is 0.229 e. The molecule has 1 N–H and O–H groups in total. The summed E-state index contributed by atoms with van der Waals surface area (Å²) in [7, 11) is 0. The van der Waals surface area contributed by atoms with Crippen LogP contribution in [-0.4, -0.2) is 28.2 Å². The SMILES string of the molecule is CC(=O)N1CCc2nc(NC(=O)C3CCC3)sc2C1. The summed E-state index contributed by atoms with van der Waals surface area (Å²) < 4.78 is 0. The van der Waals surface area contributed by atoms with Crippen molar-refractivity contribution in [2.45, 2.75) is 39.2 Å². The van der Waals surface area contributed by atoms with Crippen LogP contribution in [0.2, 0.25) is 0 Å². The molecule has 6 heteroatoms. The number of amides is 2. The minimum atomic E-state index is 0.0964. The fourth-order valence-electron chi connectivity index (χ4n) is 2.40. The standard InChI is InChI=1S/C13H17N3O2S/c1-8(17)16-6-5-10-11(7-16)19-13(14-10)15-12(18)9-3-2-4-9/h9H,2-7H2,1H3,(H,14,15,18). The molecule has 2 heterocycles. The Morgan fingerprint density at radius 1 is 1.42 bits per heavy atom. The maximum atomic E-state index is 11.9. The fraction of sp³-hybridized carbons (Fsp3) is 0.615. The summed E-state index contributed by atoms with van der Waals surface area (Å²) in [5, 5.41) is 3.60. The van der Waals surface area contributed by atoms with Crippen molar-refractivity contribution in [3.8, 4) is 0 Å². The van der Waals surface area contributed by atoms with Gasteiger partial charge in [0.15, 0.2) is 5.13 Å². The molecule has 0 bridgehead atoms. The molecule has 5 nitrogen and oxygen atoms in total. The molecule has 0 radical (unpaired) electrons. The van der Waals surface area contributed by atoms with Crippen molar-refractivity contribution < 1.29 is 9.59 Å². The number of nitrogens with one attached hydrogen (secondary N) is 1. The highest BCUT2D eigenvalue weighted by Crippen LogP contribution is 2.31. The lowest BCUT2D eigenvalue weighted by Crippen LogP contribution is -2.33. The van der Waals surface area contributed by atoms with E-state index in [2.05, 4.69) is 10.3 Å². The van der Waals surface area contributed by atoms with Gasteiger partial charge in [0.05, 0.1) is 12.2 Å². The second-order valence-corrected chi connectivity index (χ2v) is 6.28. The van der Waals surface area contributed by atoms with E-state index < -0.39 is 0 Å². The zero-order valence-electron chi connectivity index (χ0n) is 10.9. The van der Waals surface area contributed by atoms with E-state index in [0.717, 1.165) is 42.8 Å². The molecular formula is C13H17N3O2S. The molecule has 0 aromatic carbocycles. The molecule has 0 unspecified atom stereocenters. The van der Waals surface area contributed by atoms with Crippen LogP contribution in [0, 0.1) is 5.92 Å². The van der Waals surface area contributed by atoms with Crippen LogP contribution < -0.4 is 5.32 Å². The van der Waals surface area contributed by atoms with Gasteiger partial charge in [-0.25, -0.2) is 4.98 Å². The van der Waals surface area contributed by atoms with E-state index in [0.29, 0.717) is 11.7 Å². The molecule has 2 aliphatic rings. The van der Waals surface area contributed by atoms with Gasteiger partial charge in [-0.15, -0.1) is 0 Å². The van der Waals surface area contributed by atoms with Crippen molar-refractivity contribution in [2.75, 3.05) is 11.9 Å².